The number of piperidine rings is 1. The van der Waals surface area contributed by atoms with E-state index in [0.29, 0.717) is 11.3 Å². The lowest BCUT2D eigenvalue weighted by Crippen LogP contribution is -2.46. The molecular formula is C20H25N3O3. The Morgan fingerprint density at radius 1 is 1.23 bits per heavy atom. The Labute approximate surface area is 153 Å². The van der Waals surface area contributed by atoms with Crippen molar-refractivity contribution in [1.29, 1.82) is 0 Å². The van der Waals surface area contributed by atoms with Crippen molar-refractivity contribution in [3.8, 4) is 5.75 Å². The summed E-state index contributed by atoms with van der Waals surface area (Å²) in [6, 6.07) is 7.16. The van der Waals surface area contributed by atoms with Crippen molar-refractivity contribution in [1.82, 2.24) is 14.5 Å². The van der Waals surface area contributed by atoms with Crippen molar-refractivity contribution < 1.29 is 14.3 Å². The molecule has 0 N–H and O–H groups in total. The van der Waals surface area contributed by atoms with Gasteiger partial charge in [0.05, 0.1) is 6.33 Å². The maximum Gasteiger partial charge on any atom is 0.260 e. The molecular weight excluding hydrogens is 330 g/mol. The van der Waals surface area contributed by atoms with E-state index in [-0.39, 0.29) is 24.3 Å². The number of amides is 1. The van der Waals surface area contributed by atoms with E-state index in [1.165, 1.54) is 6.92 Å². The fourth-order valence-electron chi connectivity index (χ4n) is 3.36. The SMILES string of the molecule is CC(=O)c1ccc(OCC(=O)N2CCCCC2CCn2ccnc2)cc1. The van der Waals surface area contributed by atoms with Gasteiger partial charge in [0.1, 0.15) is 5.75 Å². The molecule has 6 heteroatoms. The second kappa shape index (κ2) is 8.65. The molecule has 0 radical (unpaired) electrons. The molecule has 1 aliphatic heterocycles. The number of Topliss-reactive ketones (excluding diaryl/α,β-unsaturated/α-hetero) is 1. The van der Waals surface area contributed by atoms with Crippen LogP contribution in [0.1, 0.15) is 43.0 Å². The molecule has 1 saturated heterocycles. The predicted octanol–water partition coefficient (Wildman–Crippen LogP) is 2.94. The highest BCUT2D eigenvalue weighted by molar-refractivity contribution is 5.94. The Morgan fingerprint density at radius 2 is 2.04 bits per heavy atom. The third-order valence-electron chi connectivity index (χ3n) is 4.85. The van der Waals surface area contributed by atoms with E-state index >= 15 is 0 Å². The summed E-state index contributed by atoms with van der Waals surface area (Å²) in [5.74, 6) is 0.646. The Hall–Kier alpha value is -2.63. The summed E-state index contributed by atoms with van der Waals surface area (Å²) < 4.78 is 7.68. The molecule has 1 aromatic carbocycles. The smallest absolute Gasteiger partial charge is 0.260 e. The van der Waals surface area contributed by atoms with Crippen molar-refractivity contribution in [2.45, 2.75) is 45.2 Å². The molecule has 26 heavy (non-hydrogen) atoms. The maximum absolute atomic E-state index is 12.6. The largest absolute Gasteiger partial charge is 0.484 e. The van der Waals surface area contributed by atoms with Gasteiger partial charge in [0.25, 0.3) is 5.91 Å². The van der Waals surface area contributed by atoms with Crippen LogP contribution in [0.2, 0.25) is 0 Å². The van der Waals surface area contributed by atoms with Crippen LogP contribution in [0, 0.1) is 0 Å². The molecule has 1 unspecified atom stereocenters. The molecule has 138 valence electrons. The van der Waals surface area contributed by atoms with Crippen molar-refractivity contribution >= 4 is 11.7 Å². The average molecular weight is 355 g/mol. The van der Waals surface area contributed by atoms with E-state index in [0.717, 1.165) is 38.8 Å². The van der Waals surface area contributed by atoms with Gasteiger partial charge in [-0.05, 0) is 56.9 Å². The van der Waals surface area contributed by atoms with Gasteiger partial charge in [-0.3, -0.25) is 9.59 Å². The van der Waals surface area contributed by atoms with Crippen LogP contribution in [0.4, 0.5) is 0 Å². The van der Waals surface area contributed by atoms with Crippen LogP contribution in [0.5, 0.6) is 5.75 Å². The van der Waals surface area contributed by atoms with E-state index in [9.17, 15) is 9.59 Å². The number of rotatable bonds is 7. The summed E-state index contributed by atoms with van der Waals surface area (Å²) in [7, 11) is 0. The molecule has 0 saturated carbocycles. The highest BCUT2D eigenvalue weighted by Gasteiger charge is 2.26. The first-order chi connectivity index (χ1) is 12.6. The van der Waals surface area contributed by atoms with Gasteiger partial charge in [0, 0.05) is 37.1 Å². The van der Waals surface area contributed by atoms with Crippen LogP contribution >= 0.6 is 0 Å². The average Bonchev–Trinajstić information content (AvgIpc) is 3.18. The molecule has 1 aliphatic rings. The number of nitrogens with zero attached hydrogens (tertiary/aromatic N) is 3. The minimum Gasteiger partial charge on any atom is -0.484 e. The van der Waals surface area contributed by atoms with Gasteiger partial charge in [-0.15, -0.1) is 0 Å². The van der Waals surface area contributed by atoms with Crippen molar-refractivity contribution in [2.24, 2.45) is 0 Å². The monoisotopic (exact) mass is 355 g/mol. The summed E-state index contributed by atoms with van der Waals surface area (Å²) in [5.41, 5.74) is 0.638. The van der Waals surface area contributed by atoms with Gasteiger partial charge in [-0.1, -0.05) is 0 Å². The third kappa shape index (κ3) is 4.71. The topological polar surface area (TPSA) is 64.4 Å². The number of imidazole rings is 1. The van der Waals surface area contributed by atoms with E-state index in [4.69, 9.17) is 4.74 Å². The van der Waals surface area contributed by atoms with E-state index in [1.54, 1.807) is 30.5 Å². The fourth-order valence-corrected chi connectivity index (χ4v) is 3.36. The zero-order chi connectivity index (χ0) is 18.4. The molecule has 1 atom stereocenters. The van der Waals surface area contributed by atoms with E-state index in [2.05, 4.69) is 4.98 Å². The molecule has 2 heterocycles. The zero-order valence-electron chi connectivity index (χ0n) is 15.1. The molecule has 0 bridgehead atoms. The lowest BCUT2D eigenvalue weighted by molar-refractivity contribution is -0.137. The minimum absolute atomic E-state index is 0.0154. The lowest BCUT2D eigenvalue weighted by Gasteiger charge is -2.36. The van der Waals surface area contributed by atoms with Gasteiger partial charge in [0.2, 0.25) is 0 Å². The molecule has 0 aliphatic carbocycles. The Balaban J connectivity index is 1.53. The second-order valence-corrected chi connectivity index (χ2v) is 6.70. The van der Waals surface area contributed by atoms with Gasteiger partial charge >= 0.3 is 0 Å². The van der Waals surface area contributed by atoms with Gasteiger partial charge in [-0.25, -0.2) is 4.98 Å². The van der Waals surface area contributed by atoms with Crippen LogP contribution in [-0.2, 0) is 11.3 Å². The first kappa shape index (κ1) is 18.2. The summed E-state index contributed by atoms with van der Waals surface area (Å²) in [6.45, 7) is 3.21. The number of hydrogen-bond donors (Lipinski definition) is 0. The first-order valence-electron chi connectivity index (χ1n) is 9.12. The number of ketones is 1. The van der Waals surface area contributed by atoms with Crippen LogP contribution in [-0.4, -0.2) is 45.3 Å². The molecule has 0 spiro atoms. The standard InChI is InChI=1S/C20H25N3O3/c1-16(24)17-5-7-19(8-6-17)26-14-20(25)23-11-3-2-4-18(23)9-12-22-13-10-21-15-22/h5-8,10,13,15,18H,2-4,9,11-12,14H2,1H3. The third-order valence-corrected chi connectivity index (χ3v) is 4.85. The lowest BCUT2D eigenvalue weighted by atomic mass is 9.99. The zero-order valence-corrected chi connectivity index (χ0v) is 15.1. The van der Waals surface area contributed by atoms with E-state index < -0.39 is 0 Å². The fraction of sp³-hybridized carbons (Fsp3) is 0.450. The van der Waals surface area contributed by atoms with Gasteiger partial charge < -0.3 is 14.2 Å². The van der Waals surface area contributed by atoms with Crippen molar-refractivity contribution in [2.75, 3.05) is 13.2 Å². The Kier molecular flexibility index (Phi) is 6.04. The molecule has 1 fully saturated rings. The van der Waals surface area contributed by atoms with E-state index in [1.807, 2.05) is 22.0 Å². The summed E-state index contributed by atoms with van der Waals surface area (Å²) in [4.78, 5) is 30.0. The molecule has 2 aromatic rings. The predicted molar refractivity (Wildman–Crippen MR) is 98.1 cm³/mol. The highest BCUT2D eigenvalue weighted by atomic mass is 16.5. The second-order valence-electron chi connectivity index (χ2n) is 6.70. The number of aryl methyl sites for hydroxylation is 1. The number of likely N-dealkylation sites (tertiary alicyclic amines) is 1. The maximum atomic E-state index is 12.6. The van der Waals surface area contributed by atoms with Gasteiger partial charge in [0.15, 0.2) is 12.4 Å². The Morgan fingerprint density at radius 3 is 2.73 bits per heavy atom. The van der Waals surface area contributed by atoms with Crippen LogP contribution in [0.15, 0.2) is 43.0 Å². The molecule has 1 aromatic heterocycles. The molecule has 3 rings (SSSR count). The number of benzene rings is 1. The first-order valence-corrected chi connectivity index (χ1v) is 9.12. The van der Waals surface area contributed by atoms with Crippen LogP contribution in [0.25, 0.3) is 0 Å². The molecule has 1 amide bonds. The molecule has 6 nitrogen and oxygen atoms in total. The number of hydrogen-bond acceptors (Lipinski definition) is 4. The number of aromatic nitrogens is 2. The van der Waals surface area contributed by atoms with Crippen LogP contribution < -0.4 is 4.74 Å². The summed E-state index contributed by atoms with van der Waals surface area (Å²) in [6.07, 6.45) is 9.69. The summed E-state index contributed by atoms with van der Waals surface area (Å²) >= 11 is 0. The van der Waals surface area contributed by atoms with Crippen LogP contribution in [0.3, 0.4) is 0 Å². The summed E-state index contributed by atoms with van der Waals surface area (Å²) in [5, 5.41) is 0. The minimum atomic E-state index is 0.0154. The quantitative estimate of drug-likeness (QED) is 0.717. The normalized spacial score (nSPS) is 17.1. The Bertz CT molecular complexity index is 725. The van der Waals surface area contributed by atoms with Gasteiger partial charge in [-0.2, -0.15) is 0 Å². The highest BCUT2D eigenvalue weighted by Crippen LogP contribution is 2.21. The number of carbonyl (C=O) groups is 2. The number of carbonyl (C=O) groups excluding carboxylic acids is 2. The number of ether oxygens (including phenoxy) is 1. The van der Waals surface area contributed by atoms with Crippen molar-refractivity contribution in [3.63, 3.8) is 0 Å². The van der Waals surface area contributed by atoms with Crippen molar-refractivity contribution in [3.05, 3.63) is 48.5 Å².